The fourth-order valence-electron chi connectivity index (χ4n) is 2.90. The molecule has 1 amide bonds. The Kier molecular flexibility index (Phi) is 6.01. The zero-order valence-corrected chi connectivity index (χ0v) is 18.5. The number of furan rings is 2. The van der Waals surface area contributed by atoms with Gasteiger partial charge in [0.05, 0.1) is 30.8 Å². The molecular formula is C22H19ClN2O5S. The number of hydrogen-bond donors (Lipinski definition) is 1. The SMILES string of the molecule is COc1cc(C(=O)Nc2nc(-c3ccco3)c(-c3ccco3)s2)cc(Cl)c1OC(C)C. The molecule has 1 N–H and O–H groups in total. The van der Waals surface area contributed by atoms with Crippen LogP contribution in [-0.2, 0) is 0 Å². The molecule has 0 bridgehead atoms. The van der Waals surface area contributed by atoms with E-state index in [9.17, 15) is 4.79 Å². The van der Waals surface area contributed by atoms with E-state index in [2.05, 4.69) is 10.3 Å². The first-order valence-corrected chi connectivity index (χ1v) is 10.6. The summed E-state index contributed by atoms with van der Waals surface area (Å²) in [6, 6.07) is 10.3. The van der Waals surface area contributed by atoms with Crippen molar-refractivity contribution in [2.24, 2.45) is 0 Å². The molecule has 4 aromatic rings. The number of halogens is 1. The van der Waals surface area contributed by atoms with Crippen molar-refractivity contribution < 1.29 is 23.1 Å². The van der Waals surface area contributed by atoms with E-state index in [1.807, 2.05) is 19.9 Å². The number of thiazole rings is 1. The number of benzene rings is 1. The van der Waals surface area contributed by atoms with Crippen LogP contribution in [0, 0.1) is 0 Å². The highest BCUT2D eigenvalue weighted by molar-refractivity contribution is 7.19. The van der Waals surface area contributed by atoms with Gasteiger partial charge in [-0.15, -0.1) is 0 Å². The molecular weight excluding hydrogens is 440 g/mol. The average molecular weight is 459 g/mol. The number of anilines is 1. The summed E-state index contributed by atoms with van der Waals surface area (Å²) in [7, 11) is 1.49. The van der Waals surface area contributed by atoms with Crippen molar-refractivity contribution in [2.75, 3.05) is 12.4 Å². The van der Waals surface area contributed by atoms with Crippen LogP contribution in [0.2, 0.25) is 5.02 Å². The summed E-state index contributed by atoms with van der Waals surface area (Å²) in [5.74, 6) is 1.58. The van der Waals surface area contributed by atoms with Crippen LogP contribution in [0.4, 0.5) is 5.13 Å². The first kappa shape index (κ1) is 21.0. The van der Waals surface area contributed by atoms with E-state index in [0.29, 0.717) is 39.4 Å². The molecule has 0 aliphatic rings. The minimum Gasteiger partial charge on any atom is -0.493 e. The normalized spacial score (nSPS) is 11.0. The van der Waals surface area contributed by atoms with Gasteiger partial charge in [0.1, 0.15) is 16.3 Å². The highest BCUT2D eigenvalue weighted by atomic mass is 35.5. The molecule has 7 nitrogen and oxygen atoms in total. The summed E-state index contributed by atoms with van der Waals surface area (Å²) in [4.78, 5) is 18.2. The molecule has 0 saturated carbocycles. The maximum Gasteiger partial charge on any atom is 0.257 e. The number of aromatic nitrogens is 1. The lowest BCUT2D eigenvalue weighted by molar-refractivity contribution is 0.102. The van der Waals surface area contributed by atoms with Gasteiger partial charge in [0.25, 0.3) is 5.91 Å². The number of amides is 1. The molecule has 31 heavy (non-hydrogen) atoms. The Morgan fingerprint density at radius 1 is 1.16 bits per heavy atom. The number of rotatable bonds is 7. The lowest BCUT2D eigenvalue weighted by atomic mass is 10.2. The van der Waals surface area contributed by atoms with E-state index in [1.165, 1.54) is 24.5 Å². The monoisotopic (exact) mass is 458 g/mol. The van der Waals surface area contributed by atoms with Crippen LogP contribution in [0.5, 0.6) is 11.5 Å². The number of nitrogens with one attached hydrogen (secondary N) is 1. The van der Waals surface area contributed by atoms with Gasteiger partial charge in [-0.2, -0.15) is 0 Å². The van der Waals surface area contributed by atoms with Gasteiger partial charge in [0, 0.05) is 5.56 Å². The molecule has 0 atom stereocenters. The number of methoxy groups -OCH3 is 1. The van der Waals surface area contributed by atoms with Crippen molar-refractivity contribution in [3.8, 4) is 33.6 Å². The molecule has 3 aromatic heterocycles. The second kappa shape index (κ2) is 8.87. The number of nitrogens with zero attached hydrogens (tertiary/aromatic N) is 1. The van der Waals surface area contributed by atoms with Crippen molar-refractivity contribution in [1.29, 1.82) is 0 Å². The van der Waals surface area contributed by atoms with Crippen molar-refractivity contribution in [2.45, 2.75) is 20.0 Å². The Morgan fingerprint density at radius 2 is 1.87 bits per heavy atom. The van der Waals surface area contributed by atoms with Gasteiger partial charge in [-0.1, -0.05) is 22.9 Å². The summed E-state index contributed by atoms with van der Waals surface area (Å²) < 4.78 is 22.1. The number of carbonyl (C=O) groups is 1. The third kappa shape index (κ3) is 4.45. The summed E-state index contributed by atoms with van der Waals surface area (Å²) in [6.07, 6.45) is 3.05. The summed E-state index contributed by atoms with van der Waals surface area (Å²) in [6.45, 7) is 3.76. The number of carbonyl (C=O) groups excluding carboxylic acids is 1. The second-order valence-electron chi connectivity index (χ2n) is 6.76. The van der Waals surface area contributed by atoms with Crippen LogP contribution < -0.4 is 14.8 Å². The van der Waals surface area contributed by atoms with Gasteiger partial charge in [0.2, 0.25) is 0 Å². The second-order valence-corrected chi connectivity index (χ2v) is 8.17. The van der Waals surface area contributed by atoms with Gasteiger partial charge in [0.15, 0.2) is 22.4 Å². The van der Waals surface area contributed by atoms with Gasteiger partial charge >= 0.3 is 0 Å². The predicted molar refractivity (Wildman–Crippen MR) is 119 cm³/mol. The van der Waals surface area contributed by atoms with Gasteiger partial charge in [-0.05, 0) is 50.2 Å². The maximum absolute atomic E-state index is 12.9. The Hall–Kier alpha value is -3.23. The number of ether oxygens (including phenoxy) is 2. The molecule has 9 heteroatoms. The van der Waals surface area contributed by atoms with Crippen LogP contribution in [0.3, 0.4) is 0 Å². The van der Waals surface area contributed by atoms with Gasteiger partial charge in [-0.3, -0.25) is 10.1 Å². The zero-order chi connectivity index (χ0) is 22.0. The topological polar surface area (TPSA) is 86.7 Å². The molecule has 0 fully saturated rings. The summed E-state index contributed by atoms with van der Waals surface area (Å²) >= 11 is 7.62. The molecule has 0 unspecified atom stereocenters. The van der Waals surface area contributed by atoms with Gasteiger partial charge < -0.3 is 18.3 Å². The Morgan fingerprint density at radius 3 is 2.48 bits per heavy atom. The number of hydrogen-bond acceptors (Lipinski definition) is 7. The van der Waals surface area contributed by atoms with Crippen LogP contribution >= 0.6 is 22.9 Å². The quantitative estimate of drug-likeness (QED) is 0.346. The van der Waals surface area contributed by atoms with E-state index in [4.69, 9.17) is 29.9 Å². The smallest absolute Gasteiger partial charge is 0.257 e. The minimum absolute atomic E-state index is 0.0959. The van der Waals surface area contributed by atoms with E-state index >= 15 is 0 Å². The first-order chi connectivity index (χ1) is 15.0. The van der Waals surface area contributed by atoms with E-state index in [1.54, 1.807) is 36.8 Å². The van der Waals surface area contributed by atoms with Crippen LogP contribution in [0.1, 0.15) is 24.2 Å². The van der Waals surface area contributed by atoms with Crippen molar-refractivity contribution >= 4 is 34.0 Å². The Labute approximate surface area is 187 Å². The fourth-order valence-corrected chi connectivity index (χ4v) is 4.09. The summed E-state index contributed by atoms with van der Waals surface area (Å²) in [5, 5.41) is 3.48. The molecule has 4 rings (SSSR count). The molecule has 0 radical (unpaired) electrons. The minimum atomic E-state index is -0.387. The van der Waals surface area contributed by atoms with Crippen molar-refractivity contribution in [3.05, 3.63) is 59.5 Å². The summed E-state index contributed by atoms with van der Waals surface area (Å²) in [5.41, 5.74) is 0.892. The largest absolute Gasteiger partial charge is 0.493 e. The van der Waals surface area contributed by atoms with E-state index < -0.39 is 0 Å². The Balaban J connectivity index is 1.65. The lowest BCUT2D eigenvalue weighted by Gasteiger charge is -2.16. The first-order valence-electron chi connectivity index (χ1n) is 9.40. The lowest BCUT2D eigenvalue weighted by Crippen LogP contribution is -2.13. The highest BCUT2D eigenvalue weighted by Crippen LogP contribution is 2.40. The zero-order valence-electron chi connectivity index (χ0n) is 17.0. The fraction of sp³-hybridized carbons (Fsp3) is 0.182. The molecule has 0 spiro atoms. The van der Waals surface area contributed by atoms with Crippen molar-refractivity contribution in [1.82, 2.24) is 4.98 Å². The van der Waals surface area contributed by atoms with Crippen LogP contribution in [0.25, 0.3) is 22.1 Å². The average Bonchev–Trinajstić information content (AvgIpc) is 3.49. The molecule has 0 aliphatic carbocycles. The van der Waals surface area contributed by atoms with Crippen LogP contribution in [0.15, 0.2) is 57.8 Å². The van der Waals surface area contributed by atoms with E-state index in [-0.39, 0.29) is 17.0 Å². The molecule has 0 saturated heterocycles. The maximum atomic E-state index is 12.9. The molecule has 1 aromatic carbocycles. The van der Waals surface area contributed by atoms with Crippen LogP contribution in [-0.4, -0.2) is 24.1 Å². The standard InChI is InChI=1S/C22H19ClN2O5S/c1-12(2)30-19-14(23)10-13(11-17(19)27-3)21(26)25-22-24-18(15-6-4-8-28-15)20(31-22)16-7-5-9-29-16/h4-12H,1-3H3,(H,24,25,26). The molecule has 0 aliphatic heterocycles. The highest BCUT2D eigenvalue weighted by Gasteiger charge is 2.22. The van der Waals surface area contributed by atoms with E-state index in [0.717, 1.165) is 4.88 Å². The van der Waals surface area contributed by atoms with Crippen molar-refractivity contribution in [3.63, 3.8) is 0 Å². The third-order valence-corrected chi connectivity index (χ3v) is 5.46. The van der Waals surface area contributed by atoms with Gasteiger partial charge in [-0.25, -0.2) is 4.98 Å². The Bertz CT molecular complexity index is 1130. The third-order valence-electron chi connectivity index (χ3n) is 4.19. The molecule has 160 valence electrons. The molecule has 3 heterocycles. The predicted octanol–water partition coefficient (Wildman–Crippen LogP) is 6.36.